The molecular formula is C19H20ClF3N4O2. The summed E-state index contributed by atoms with van der Waals surface area (Å²) in [4.78, 5) is 19.8. The molecule has 1 fully saturated rings. The molecule has 2 aromatic rings. The summed E-state index contributed by atoms with van der Waals surface area (Å²) in [5, 5.41) is 5.69. The lowest BCUT2D eigenvalue weighted by molar-refractivity contribution is -0.141. The molecule has 0 unspecified atom stereocenters. The van der Waals surface area contributed by atoms with Crippen molar-refractivity contribution in [1.29, 1.82) is 0 Å². The maximum absolute atomic E-state index is 13.5. The second-order valence-electron chi connectivity index (χ2n) is 6.81. The summed E-state index contributed by atoms with van der Waals surface area (Å²) in [7, 11) is 0. The number of hydrogen-bond acceptors (Lipinski definition) is 5. The van der Waals surface area contributed by atoms with E-state index in [0.29, 0.717) is 23.9 Å². The molecule has 156 valence electrons. The quantitative estimate of drug-likeness (QED) is 0.740. The van der Waals surface area contributed by atoms with Crippen LogP contribution in [0.15, 0.2) is 24.4 Å². The molecule has 29 heavy (non-hydrogen) atoms. The van der Waals surface area contributed by atoms with E-state index in [1.807, 2.05) is 0 Å². The fourth-order valence-corrected chi connectivity index (χ4v) is 3.09. The highest BCUT2D eigenvalue weighted by Gasteiger charge is 2.38. The number of aromatic nitrogens is 2. The van der Waals surface area contributed by atoms with Crippen LogP contribution in [0.4, 0.5) is 24.8 Å². The normalized spacial score (nSPS) is 15.2. The molecule has 0 saturated carbocycles. The molecule has 1 aromatic heterocycles. The summed E-state index contributed by atoms with van der Waals surface area (Å²) < 4.78 is 45.7. The summed E-state index contributed by atoms with van der Waals surface area (Å²) in [5.74, 6) is -0.956. The third-order valence-corrected chi connectivity index (χ3v) is 5.03. The van der Waals surface area contributed by atoms with Crippen molar-refractivity contribution < 1.29 is 22.7 Å². The van der Waals surface area contributed by atoms with Crippen LogP contribution in [-0.4, -0.2) is 35.6 Å². The van der Waals surface area contributed by atoms with Crippen LogP contribution in [0.3, 0.4) is 0 Å². The summed E-state index contributed by atoms with van der Waals surface area (Å²) in [6.07, 6.45) is -2.42. The van der Waals surface area contributed by atoms with E-state index in [0.717, 1.165) is 24.6 Å². The van der Waals surface area contributed by atoms with Gasteiger partial charge in [0.2, 0.25) is 5.95 Å². The molecule has 3 rings (SSSR count). The van der Waals surface area contributed by atoms with Crippen molar-refractivity contribution >= 4 is 29.1 Å². The molecule has 1 amide bonds. The van der Waals surface area contributed by atoms with E-state index in [1.165, 1.54) is 0 Å². The van der Waals surface area contributed by atoms with E-state index in [9.17, 15) is 18.0 Å². The van der Waals surface area contributed by atoms with Gasteiger partial charge in [0.15, 0.2) is 5.69 Å². The average Bonchev–Trinajstić information content (AvgIpc) is 2.69. The van der Waals surface area contributed by atoms with Gasteiger partial charge in [-0.25, -0.2) is 9.97 Å². The SMILES string of the molecule is Cc1ccc(Nc2ncc(C(=O)NCC3CCOCC3)c(C(F)(F)F)n2)cc1Cl. The van der Waals surface area contributed by atoms with E-state index in [2.05, 4.69) is 20.6 Å². The number of aryl methyl sites for hydroxylation is 1. The second kappa shape index (κ2) is 8.96. The third kappa shape index (κ3) is 5.57. The van der Waals surface area contributed by atoms with Gasteiger partial charge in [-0.1, -0.05) is 17.7 Å². The van der Waals surface area contributed by atoms with Crippen LogP contribution < -0.4 is 10.6 Å². The Kier molecular flexibility index (Phi) is 6.59. The van der Waals surface area contributed by atoms with Crippen molar-refractivity contribution in [3.05, 3.63) is 46.2 Å². The summed E-state index contributed by atoms with van der Waals surface area (Å²) in [6.45, 7) is 3.25. The Hall–Kier alpha value is -2.39. The lowest BCUT2D eigenvalue weighted by atomic mass is 10.0. The van der Waals surface area contributed by atoms with Crippen molar-refractivity contribution in [2.45, 2.75) is 25.9 Å². The molecule has 1 aromatic carbocycles. The molecule has 0 spiro atoms. The zero-order valence-corrected chi connectivity index (χ0v) is 16.4. The maximum atomic E-state index is 13.5. The minimum absolute atomic E-state index is 0.176. The average molecular weight is 429 g/mol. The first kappa shape index (κ1) is 21.3. The van der Waals surface area contributed by atoms with Gasteiger partial charge in [0.1, 0.15) is 0 Å². The fourth-order valence-electron chi connectivity index (χ4n) is 2.91. The predicted molar refractivity (Wildman–Crippen MR) is 102 cm³/mol. The highest BCUT2D eigenvalue weighted by molar-refractivity contribution is 6.31. The monoisotopic (exact) mass is 428 g/mol. The van der Waals surface area contributed by atoms with E-state index < -0.39 is 23.3 Å². The Labute approximate surface area is 170 Å². The number of nitrogens with one attached hydrogen (secondary N) is 2. The lowest BCUT2D eigenvalue weighted by Crippen LogP contribution is -2.33. The van der Waals surface area contributed by atoms with Crippen LogP contribution in [0.1, 0.15) is 34.5 Å². The largest absolute Gasteiger partial charge is 0.434 e. The van der Waals surface area contributed by atoms with Gasteiger partial charge in [0, 0.05) is 36.7 Å². The first-order valence-corrected chi connectivity index (χ1v) is 9.45. The molecule has 0 bridgehead atoms. The van der Waals surface area contributed by atoms with Crippen molar-refractivity contribution in [1.82, 2.24) is 15.3 Å². The van der Waals surface area contributed by atoms with Gasteiger partial charge in [-0.3, -0.25) is 4.79 Å². The fraction of sp³-hybridized carbons (Fsp3) is 0.421. The van der Waals surface area contributed by atoms with E-state index in [4.69, 9.17) is 16.3 Å². The Balaban J connectivity index is 1.78. The molecular weight excluding hydrogens is 409 g/mol. The second-order valence-corrected chi connectivity index (χ2v) is 7.22. The number of amides is 1. The molecule has 0 aliphatic carbocycles. The van der Waals surface area contributed by atoms with Crippen molar-refractivity contribution in [2.24, 2.45) is 5.92 Å². The Morgan fingerprint density at radius 1 is 1.31 bits per heavy atom. The van der Waals surface area contributed by atoms with Crippen molar-refractivity contribution in [3.63, 3.8) is 0 Å². The predicted octanol–water partition coefficient (Wildman–Crippen LogP) is 4.36. The molecule has 6 nitrogen and oxygen atoms in total. The Bertz CT molecular complexity index is 886. The zero-order chi connectivity index (χ0) is 21.0. The standard InChI is InChI=1S/C19H20ClF3N4O2/c1-11-2-3-13(8-15(11)20)26-18-25-10-14(16(27-18)19(21,22)23)17(28)24-9-12-4-6-29-7-5-12/h2-3,8,10,12H,4-7,9H2,1H3,(H,24,28)(H,25,26,27). The Morgan fingerprint density at radius 2 is 2.03 bits per heavy atom. The van der Waals surface area contributed by atoms with Crippen molar-refractivity contribution in [3.8, 4) is 0 Å². The van der Waals surface area contributed by atoms with Gasteiger partial charge in [-0.05, 0) is 43.4 Å². The van der Waals surface area contributed by atoms with Gasteiger partial charge < -0.3 is 15.4 Å². The van der Waals surface area contributed by atoms with Crippen LogP contribution in [0.5, 0.6) is 0 Å². The molecule has 2 heterocycles. The zero-order valence-electron chi connectivity index (χ0n) is 15.6. The van der Waals surface area contributed by atoms with Crippen LogP contribution in [-0.2, 0) is 10.9 Å². The van der Waals surface area contributed by atoms with Crippen LogP contribution >= 0.6 is 11.6 Å². The highest BCUT2D eigenvalue weighted by atomic mass is 35.5. The van der Waals surface area contributed by atoms with Gasteiger partial charge in [0.05, 0.1) is 5.56 Å². The van der Waals surface area contributed by atoms with Crippen LogP contribution in [0.2, 0.25) is 5.02 Å². The van der Waals surface area contributed by atoms with Gasteiger partial charge in [0.25, 0.3) is 5.91 Å². The number of carbonyl (C=O) groups excluding carboxylic acids is 1. The minimum Gasteiger partial charge on any atom is -0.381 e. The lowest BCUT2D eigenvalue weighted by Gasteiger charge is -2.22. The van der Waals surface area contributed by atoms with E-state index in [1.54, 1.807) is 25.1 Å². The number of anilines is 2. The Morgan fingerprint density at radius 3 is 2.69 bits per heavy atom. The smallest absolute Gasteiger partial charge is 0.381 e. The first-order valence-electron chi connectivity index (χ1n) is 9.07. The van der Waals surface area contributed by atoms with E-state index in [-0.39, 0.29) is 18.4 Å². The van der Waals surface area contributed by atoms with Crippen LogP contribution in [0, 0.1) is 12.8 Å². The van der Waals surface area contributed by atoms with Gasteiger partial charge >= 0.3 is 6.18 Å². The van der Waals surface area contributed by atoms with Crippen LogP contribution in [0.25, 0.3) is 0 Å². The van der Waals surface area contributed by atoms with Gasteiger partial charge in [-0.2, -0.15) is 13.2 Å². The molecule has 1 aliphatic heterocycles. The summed E-state index contributed by atoms with van der Waals surface area (Å²) in [5.41, 5.74) is -0.647. The molecule has 0 atom stereocenters. The number of alkyl halides is 3. The number of nitrogens with zero attached hydrogens (tertiary/aromatic N) is 2. The number of carbonyl (C=O) groups is 1. The number of rotatable bonds is 5. The van der Waals surface area contributed by atoms with Gasteiger partial charge in [-0.15, -0.1) is 0 Å². The van der Waals surface area contributed by atoms with E-state index >= 15 is 0 Å². The summed E-state index contributed by atoms with van der Waals surface area (Å²) in [6, 6.07) is 4.92. The topological polar surface area (TPSA) is 76.1 Å². The number of halogens is 4. The van der Waals surface area contributed by atoms with Crippen molar-refractivity contribution in [2.75, 3.05) is 25.1 Å². The molecule has 1 saturated heterocycles. The highest BCUT2D eigenvalue weighted by Crippen LogP contribution is 2.31. The summed E-state index contributed by atoms with van der Waals surface area (Å²) >= 11 is 6.03. The molecule has 10 heteroatoms. The molecule has 2 N–H and O–H groups in total. The minimum atomic E-state index is -4.81. The maximum Gasteiger partial charge on any atom is 0.434 e. The number of ether oxygens (including phenoxy) is 1. The number of hydrogen-bond donors (Lipinski definition) is 2. The number of benzene rings is 1. The molecule has 1 aliphatic rings. The third-order valence-electron chi connectivity index (χ3n) is 4.62. The molecule has 0 radical (unpaired) electrons. The first-order chi connectivity index (χ1) is 13.7.